The second kappa shape index (κ2) is 4.45. The summed E-state index contributed by atoms with van der Waals surface area (Å²) in [6, 6.07) is 0. The lowest BCUT2D eigenvalue weighted by molar-refractivity contribution is -0.148. The van der Waals surface area contributed by atoms with E-state index < -0.39 is 0 Å². The van der Waals surface area contributed by atoms with Gasteiger partial charge < -0.3 is 9.64 Å². The molecule has 1 rings (SSSR count). The molecule has 3 nitrogen and oxygen atoms in total. The quantitative estimate of drug-likeness (QED) is 0.594. The Morgan fingerprint density at radius 2 is 2.42 bits per heavy atom. The molecule has 0 aliphatic carbocycles. The van der Waals surface area contributed by atoms with Crippen molar-refractivity contribution in [3.05, 3.63) is 0 Å². The van der Waals surface area contributed by atoms with Crippen molar-refractivity contribution in [3.8, 4) is 0 Å². The molecule has 1 atom stereocenters. The third-order valence-corrected chi connectivity index (χ3v) is 2.10. The fourth-order valence-electron chi connectivity index (χ4n) is 1.44. The molecule has 0 saturated carbocycles. The van der Waals surface area contributed by atoms with Crippen LogP contribution in [0.4, 0.5) is 0 Å². The Kier molecular flexibility index (Phi) is 3.53. The number of likely N-dealkylation sites (N-methyl/N-ethyl adjacent to an activating group) is 1. The molecule has 0 aromatic rings. The minimum atomic E-state index is -0.0437. The van der Waals surface area contributed by atoms with Gasteiger partial charge in [-0.25, -0.2) is 0 Å². The van der Waals surface area contributed by atoms with Gasteiger partial charge in [-0.05, 0) is 19.9 Å². The summed E-state index contributed by atoms with van der Waals surface area (Å²) in [5, 5.41) is 0. The van der Waals surface area contributed by atoms with Crippen molar-refractivity contribution < 1.29 is 9.53 Å². The Bertz CT molecular complexity index is 159. The zero-order valence-corrected chi connectivity index (χ0v) is 7.88. The molecule has 0 bridgehead atoms. The van der Waals surface area contributed by atoms with Crippen molar-refractivity contribution in [2.45, 2.75) is 32.3 Å². The second-order valence-corrected chi connectivity index (χ2v) is 3.41. The molecule has 0 aromatic carbocycles. The normalized spacial score (nSPS) is 24.3. The number of hydrogen-bond acceptors (Lipinski definition) is 3. The summed E-state index contributed by atoms with van der Waals surface area (Å²) >= 11 is 0. The van der Waals surface area contributed by atoms with Gasteiger partial charge in [0, 0.05) is 19.5 Å². The van der Waals surface area contributed by atoms with Gasteiger partial charge in [-0.1, -0.05) is 6.92 Å². The maximum Gasteiger partial charge on any atom is 0.306 e. The van der Waals surface area contributed by atoms with E-state index in [2.05, 4.69) is 4.90 Å². The van der Waals surface area contributed by atoms with Gasteiger partial charge in [0.1, 0.15) is 6.10 Å². The first-order valence-electron chi connectivity index (χ1n) is 4.60. The lowest BCUT2D eigenvalue weighted by Gasteiger charge is -2.11. The predicted molar refractivity (Wildman–Crippen MR) is 46.9 cm³/mol. The van der Waals surface area contributed by atoms with Crippen molar-refractivity contribution in [1.82, 2.24) is 4.90 Å². The highest BCUT2D eigenvalue weighted by Gasteiger charge is 2.22. The Balaban J connectivity index is 2.18. The summed E-state index contributed by atoms with van der Waals surface area (Å²) in [5.74, 6) is -0.0437. The highest BCUT2D eigenvalue weighted by atomic mass is 16.5. The van der Waals surface area contributed by atoms with Crippen LogP contribution in [0.25, 0.3) is 0 Å². The minimum Gasteiger partial charge on any atom is -0.461 e. The molecule has 0 N–H and O–H groups in total. The van der Waals surface area contributed by atoms with Crippen LogP contribution in [-0.4, -0.2) is 37.1 Å². The Hall–Kier alpha value is -0.570. The number of carbonyl (C=O) groups is 1. The van der Waals surface area contributed by atoms with Crippen molar-refractivity contribution in [2.75, 3.05) is 20.1 Å². The monoisotopic (exact) mass is 171 g/mol. The van der Waals surface area contributed by atoms with Crippen LogP contribution in [0, 0.1) is 0 Å². The van der Waals surface area contributed by atoms with E-state index in [1.54, 1.807) is 0 Å². The van der Waals surface area contributed by atoms with Crippen LogP contribution >= 0.6 is 0 Å². The molecule has 12 heavy (non-hydrogen) atoms. The molecule has 0 unspecified atom stereocenters. The topological polar surface area (TPSA) is 29.5 Å². The predicted octanol–water partition coefficient (Wildman–Crippen LogP) is 1.03. The van der Waals surface area contributed by atoms with Crippen LogP contribution in [0.1, 0.15) is 26.2 Å². The van der Waals surface area contributed by atoms with Crippen molar-refractivity contribution in [3.63, 3.8) is 0 Å². The van der Waals surface area contributed by atoms with E-state index in [1.165, 1.54) is 0 Å². The maximum absolute atomic E-state index is 11.1. The van der Waals surface area contributed by atoms with E-state index in [0.717, 1.165) is 25.9 Å². The van der Waals surface area contributed by atoms with Crippen LogP contribution in [0.5, 0.6) is 0 Å². The van der Waals surface area contributed by atoms with Gasteiger partial charge >= 0.3 is 5.97 Å². The first kappa shape index (κ1) is 9.52. The average Bonchev–Trinajstić information content (AvgIpc) is 2.36. The molecule has 0 spiro atoms. The van der Waals surface area contributed by atoms with Crippen LogP contribution in [-0.2, 0) is 9.53 Å². The molecule has 1 aliphatic heterocycles. The van der Waals surface area contributed by atoms with E-state index in [-0.39, 0.29) is 12.1 Å². The standard InChI is InChI=1S/C9H17NO2/c1-3-4-9(11)12-8-5-6-10(2)7-8/h8H,3-7H2,1-2H3/t8-/m0/s1. The Morgan fingerprint density at radius 1 is 1.67 bits per heavy atom. The van der Waals surface area contributed by atoms with Crippen LogP contribution in [0.2, 0.25) is 0 Å². The Morgan fingerprint density at radius 3 is 2.92 bits per heavy atom. The van der Waals surface area contributed by atoms with Gasteiger partial charge in [0.05, 0.1) is 0 Å². The highest BCUT2D eigenvalue weighted by Crippen LogP contribution is 2.11. The zero-order chi connectivity index (χ0) is 8.97. The summed E-state index contributed by atoms with van der Waals surface area (Å²) in [4.78, 5) is 13.2. The van der Waals surface area contributed by atoms with Crippen LogP contribution in [0.15, 0.2) is 0 Å². The van der Waals surface area contributed by atoms with Crippen LogP contribution in [0.3, 0.4) is 0 Å². The molecule has 1 fully saturated rings. The maximum atomic E-state index is 11.1. The minimum absolute atomic E-state index is 0.0437. The SMILES string of the molecule is CCCC(=O)O[C@H]1CCN(C)C1. The van der Waals surface area contributed by atoms with Crippen molar-refractivity contribution in [1.29, 1.82) is 0 Å². The molecule has 1 aliphatic rings. The molecule has 0 aromatic heterocycles. The molecule has 1 saturated heterocycles. The molecule has 0 radical (unpaired) electrons. The molecule has 3 heteroatoms. The number of likely N-dealkylation sites (tertiary alicyclic amines) is 1. The first-order chi connectivity index (χ1) is 5.72. The van der Waals surface area contributed by atoms with Crippen molar-refractivity contribution in [2.24, 2.45) is 0 Å². The third-order valence-electron chi connectivity index (χ3n) is 2.10. The smallest absolute Gasteiger partial charge is 0.306 e. The Labute approximate surface area is 73.7 Å². The average molecular weight is 171 g/mol. The third kappa shape index (κ3) is 2.81. The largest absolute Gasteiger partial charge is 0.461 e. The van der Waals surface area contributed by atoms with Crippen molar-refractivity contribution >= 4 is 5.97 Å². The van der Waals surface area contributed by atoms with Gasteiger partial charge in [-0.2, -0.15) is 0 Å². The number of hydrogen-bond donors (Lipinski definition) is 0. The number of esters is 1. The molecule has 70 valence electrons. The fourth-order valence-corrected chi connectivity index (χ4v) is 1.44. The van der Waals surface area contributed by atoms with Gasteiger partial charge in [-0.3, -0.25) is 4.79 Å². The molecular weight excluding hydrogens is 154 g/mol. The van der Waals surface area contributed by atoms with Crippen LogP contribution < -0.4 is 0 Å². The number of nitrogens with zero attached hydrogens (tertiary/aromatic N) is 1. The highest BCUT2D eigenvalue weighted by molar-refractivity contribution is 5.69. The molecular formula is C9H17NO2. The lowest BCUT2D eigenvalue weighted by Crippen LogP contribution is -2.21. The fraction of sp³-hybridized carbons (Fsp3) is 0.889. The summed E-state index contributed by atoms with van der Waals surface area (Å²) in [6.45, 7) is 3.93. The van der Waals surface area contributed by atoms with Gasteiger partial charge in [0.2, 0.25) is 0 Å². The summed E-state index contributed by atoms with van der Waals surface area (Å²) in [6.07, 6.45) is 2.57. The molecule has 0 amide bonds. The van der Waals surface area contributed by atoms with Gasteiger partial charge in [0.15, 0.2) is 0 Å². The van der Waals surface area contributed by atoms with E-state index in [9.17, 15) is 4.79 Å². The summed E-state index contributed by atoms with van der Waals surface area (Å²) in [7, 11) is 2.05. The number of carbonyl (C=O) groups excluding carboxylic acids is 1. The van der Waals surface area contributed by atoms with Gasteiger partial charge in [0.25, 0.3) is 0 Å². The lowest BCUT2D eigenvalue weighted by atomic mass is 10.3. The van der Waals surface area contributed by atoms with Gasteiger partial charge in [-0.15, -0.1) is 0 Å². The molecule has 1 heterocycles. The number of rotatable bonds is 3. The zero-order valence-electron chi connectivity index (χ0n) is 7.88. The second-order valence-electron chi connectivity index (χ2n) is 3.41. The van der Waals surface area contributed by atoms with E-state index >= 15 is 0 Å². The summed E-state index contributed by atoms with van der Waals surface area (Å²) in [5.41, 5.74) is 0. The first-order valence-corrected chi connectivity index (χ1v) is 4.60. The van der Waals surface area contributed by atoms with E-state index in [1.807, 2.05) is 14.0 Å². The van der Waals surface area contributed by atoms with E-state index in [4.69, 9.17) is 4.74 Å². The number of ether oxygens (including phenoxy) is 1. The summed E-state index contributed by atoms with van der Waals surface area (Å²) < 4.78 is 5.24. The van der Waals surface area contributed by atoms with E-state index in [0.29, 0.717) is 6.42 Å².